The lowest BCUT2D eigenvalue weighted by molar-refractivity contribution is 0.0988. The van der Waals surface area contributed by atoms with Crippen LogP contribution < -0.4 is 10.5 Å². The minimum atomic E-state index is -0.297. The number of amides is 1. The number of hydrogen-bond donors (Lipinski definition) is 1. The number of aromatic amines is 1. The maximum absolute atomic E-state index is 13.5. The lowest BCUT2D eigenvalue weighted by atomic mass is 10.1. The van der Waals surface area contributed by atoms with Crippen LogP contribution in [0.3, 0.4) is 0 Å². The topological polar surface area (TPSA) is 96.2 Å². The second-order valence-corrected chi connectivity index (χ2v) is 8.95. The van der Waals surface area contributed by atoms with Gasteiger partial charge in [-0.05, 0) is 67.3 Å². The van der Waals surface area contributed by atoms with Gasteiger partial charge in [0.25, 0.3) is 11.5 Å². The molecule has 0 atom stereocenters. The molecule has 1 saturated carbocycles. The Bertz CT molecular complexity index is 1470. The van der Waals surface area contributed by atoms with Crippen molar-refractivity contribution in [3.05, 3.63) is 62.8 Å². The number of benzene rings is 1. The van der Waals surface area contributed by atoms with Gasteiger partial charge in [-0.15, -0.1) is 35.0 Å². The third kappa shape index (κ3) is 3.84. The Morgan fingerprint density at radius 1 is 1.18 bits per heavy atom. The van der Waals surface area contributed by atoms with Crippen LogP contribution in [0, 0.1) is 12.8 Å². The quantitative estimate of drug-likeness (QED) is 0.459. The Labute approximate surface area is 208 Å². The zero-order valence-electron chi connectivity index (χ0n) is 19.0. The van der Waals surface area contributed by atoms with Gasteiger partial charge in [0.15, 0.2) is 0 Å². The van der Waals surface area contributed by atoms with E-state index in [0.29, 0.717) is 29.2 Å². The normalized spacial score (nSPS) is 14.7. The van der Waals surface area contributed by atoms with Crippen LogP contribution in [0.4, 0.5) is 5.82 Å². The first kappa shape index (κ1) is 24.2. The Balaban J connectivity index is 0.00000137. The number of pyridine rings is 1. The highest BCUT2D eigenvalue weighted by Crippen LogP contribution is 2.33. The van der Waals surface area contributed by atoms with Crippen LogP contribution in [0.2, 0.25) is 0 Å². The smallest absolute Gasteiger partial charge is 0.294 e. The molecular formula is C24H26Cl2N6O2. The van der Waals surface area contributed by atoms with E-state index in [4.69, 9.17) is 0 Å². The van der Waals surface area contributed by atoms with Crippen molar-refractivity contribution in [1.82, 2.24) is 24.6 Å². The van der Waals surface area contributed by atoms with Gasteiger partial charge in [0.1, 0.15) is 11.6 Å². The molecule has 1 fully saturated rings. The number of fused-ring (bicyclic) bond motifs is 4. The van der Waals surface area contributed by atoms with Crippen LogP contribution in [0.15, 0.2) is 29.2 Å². The predicted octanol–water partition coefficient (Wildman–Crippen LogP) is 3.84. The Morgan fingerprint density at radius 3 is 2.71 bits per heavy atom. The Morgan fingerprint density at radius 2 is 1.97 bits per heavy atom. The SMILES string of the molecule is CCc1cnc2c(c1)CCN2C(=O)c1cc2[nH]c(=O)c3nnc(CC4CC4)n3c2cc1C.Cl.Cl. The first-order valence-electron chi connectivity index (χ1n) is 11.2. The van der Waals surface area contributed by atoms with Crippen LogP contribution in [-0.4, -0.2) is 37.0 Å². The minimum Gasteiger partial charge on any atom is -0.317 e. The van der Waals surface area contributed by atoms with Gasteiger partial charge in [0, 0.05) is 24.7 Å². The number of nitrogens with zero attached hydrogens (tertiary/aromatic N) is 5. The minimum absolute atomic E-state index is 0. The summed E-state index contributed by atoms with van der Waals surface area (Å²) in [5.74, 6) is 2.07. The van der Waals surface area contributed by atoms with Gasteiger partial charge in [-0.3, -0.25) is 18.9 Å². The molecule has 1 aliphatic heterocycles. The van der Waals surface area contributed by atoms with Crippen LogP contribution in [0.5, 0.6) is 0 Å². The molecule has 4 aromatic rings. The first-order chi connectivity index (χ1) is 15.5. The summed E-state index contributed by atoms with van der Waals surface area (Å²) in [5.41, 5.74) is 5.14. The summed E-state index contributed by atoms with van der Waals surface area (Å²) < 4.78 is 1.85. The Kier molecular flexibility index (Phi) is 6.40. The fourth-order valence-electron chi connectivity index (χ4n) is 4.67. The largest absolute Gasteiger partial charge is 0.317 e. The second-order valence-electron chi connectivity index (χ2n) is 8.95. The number of halogens is 2. The van der Waals surface area contributed by atoms with Gasteiger partial charge in [-0.25, -0.2) is 4.98 Å². The van der Waals surface area contributed by atoms with Crippen molar-refractivity contribution in [2.24, 2.45) is 5.92 Å². The number of aryl methyl sites for hydroxylation is 2. The fraction of sp³-hybridized carbons (Fsp3) is 0.375. The van der Waals surface area contributed by atoms with Crippen molar-refractivity contribution < 1.29 is 4.79 Å². The van der Waals surface area contributed by atoms with E-state index in [-0.39, 0.29) is 36.3 Å². The number of aromatic nitrogens is 5. The molecule has 10 heteroatoms. The van der Waals surface area contributed by atoms with E-state index >= 15 is 0 Å². The van der Waals surface area contributed by atoms with Crippen molar-refractivity contribution in [2.45, 2.75) is 46.0 Å². The number of rotatable bonds is 4. The zero-order chi connectivity index (χ0) is 22.0. The highest BCUT2D eigenvalue weighted by Gasteiger charge is 2.29. The lowest BCUT2D eigenvalue weighted by Gasteiger charge is -2.18. The third-order valence-corrected chi connectivity index (χ3v) is 6.68. The van der Waals surface area contributed by atoms with Gasteiger partial charge >= 0.3 is 0 Å². The molecule has 2 aliphatic rings. The number of H-pyrrole nitrogens is 1. The molecule has 0 saturated heterocycles. The molecule has 1 aromatic carbocycles. The molecule has 4 heterocycles. The molecule has 0 spiro atoms. The van der Waals surface area contributed by atoms with Crippen LogP contribution in [0.1, 0.15) is 52.6 Å². The molecule has 3 aromatic heterocycles. The molecule has 0 radical (unpaired) electrons. The van der Waals surface area contributed by atoms with Gasteiger partial charge in [-0.1, -0.05) is 13.0 Å². The standard InChI is InChI=1S/C24H24N6O2.2ClH/c1-3-14-9-16-6-7-29(21(16)25-12-14)24(32)17-11-18-19(8-13(17)2)30-20(10-15-4-5-15)27-28-22(30)23(31)26-18;;/h8-9,11-12,15H,3-7,10H2,1-2H3,(H,26,31);2*1H. The highest BCUT2D eigenvalue weighted by molar-refractivity contribution is 6.09. The fourth-order valence-corrected chi connectivity index (χ4v) is 4.67. The van der Waals surface area contributed by atoms with Crippen molar-refractivity contribution in [3.63, 3.8) is 0 Å². The van der Waals surface area contributed by atoms with Gasteiger partial charge in [-0.2, -0.15) is 0 Å². The third-order valence-electron chi connectivity index (χ3n) is 6.68. The summed E-state index contributed by atoms with van der Waals surface area (Å²) in [4.78, 5) is 35.4. The van der Waals surface area contributed by atoms with Crippen molar-refractivity contribution >= 4 is 53.2 Å². The molecule has 1 aliphatic carbocycles. The van der Waals surface area contributed by atoms with E-state index in [1.54, 1.807) is 11.0 Å². The summed E-state index contributed by atoms with van der Waals surface area (Å²) in [7, 11) is 0. The number of nitrogens with one attached hydrogen (secondary N) is 1. The van der Waals surface area contributed by atoms with Crippen molar-refractivity contribution in [2.75, 3.05) is 11.4 Å². The van der Waals surface area contributed by atoms with Crippen LogP contribution >= 0.6 is 24.8 Å². The van der Waals surface area contributed by atoms with Gasteiger partial charge in [0.05, 0.1) is 11.0 Å². The van der Waals surface area contributed by atoms with Gasteiger partial charge < -0.3 is 4.98 Å². The van der Waals surface area contributed by atoms with E-state index in [1.807, 2.05) is 23.6 Å². The van der Waals surface area contributed by atoms with E-state index in [1.165, 1.54) is 18.4 Å². The van der Waals surface area contributed by atoms with E-state index < -0.39 is 0 Å². The average Bonchev–Trinajstić information content (AvgIpc) is 3.35. The maximum Gasteiger partial charge on any atom is 0.294 e. The molecule has 0 unspecified atom stereocenters. The second kappa shape index (κ2) is 9.00. The van der Waals surface area contributed by atoms with Crippen LogP contribution in [-0.2, 0) is 19.3 Å². The van der Waals surface area contributed by atoms with Gasteiger partial charge in [0.2, 0.25) is 5.65 Å². The predicted molar refractivity (Wildman–Crippen MR) is 136 cm³/mol. The number of carbonyl (C=O) groups excluding carboxylic acids is 1. The lowest BCUT2D eigenvalue weighted by Crippen LogP contribution is -2.30. The first-order valence-corrected chi connectivity index (χ1v) is 11.2. The molecule has 8 nitrogen and oxygen atoms in total. The van der Waals surface area contributed by atoms with E-state index in [2.05, 4.69) is 33.2 Å². The molecular weight excluding hydrogens is 475 g/mol. The summed E-state index contributed by atoms with van der Waals surface area (Å²) in [6, 6.07) is 5.88. The number of carbonyl (C=O) groups is 1. The number of anilines is 1. The summed E-state index contributed by atoms with van der Waals surface area (Å²) in [6.07, 6.45) is 6.77. The zero-order valence-corrected chi connectivity index (χ0v) is 20.6. The summed E-state index contributed by atoms with van der Waals surface area (Å²) >= 11 is 0. The number of hydrogen-bond acceptors (Lipinski definition) is 5. The average molecular weight is 501 g/mol. The molecule has 178 valence electrons. The van der Waals surface area contributed by atoms with E-state index in [9.17, 15) is 9.59 Å². The monoisotopic (exact) mass is 500 g/mol. The summed E-state index contributed by atoms with van der Waals surface area (Å²) in [5, 5.41) is 8.41. The molecule has 0 bridgehead atoms. The molecule has 1 N–H and O–H groups in total. The molecule has 6 rings (SSSR count). The van der Waals surface area contributed by atoms with Crippen molar-refractivity contribution in [3.8, 4) is 0 Å². The Hall–Kier alpha value is -2.97. The van der Waals surface area contributed by atoms with Crippen LogP contribution in [0.25, 0.3) is 16.7 Å². The highest BCUT2D eigenvalue weighted by atomic mass is 35.5. The van der Waals surface area contributed by atoms with Crippen molar-refractivity contribution in [1.29, 1.82) is 0 Å². The van der Waals surface area contributed by atoms with E-state index in [0.717, 1.165) is 47.5 Å². The molecule has 1 amide bonds. The molecule has 34 heavy (non-hydrogen) atoms. The summed E-state index contributed by atoms with van der Waals surface area (Å²) in [6.45, 7) is 4.64. The maximum atomic E-state index is 13.5.